The van der Waals surface area contributed by atoms with Crippen LogP contribution in [-0.4, -0.2) is 18.2 Å². The van der Waals surface area contributed by atoms with E-state index in [2.05, 4.69) is 36.5 Å². The minimum absolute atomic E-state index is 0.293. The molecule has 1 saturated carbocycles. The van der Waals surface area contributed by atoms with Crippen LogP contribution in [0, 0.1) is 5.92 Å². The molecule has 2 aliphatic heterocycles. The summed E-state index contributed by atoms with van der Waals surface area (Å²) in [5, 5.41) is 3.64. The zero-order valence-corrected chi connectivity index (χ0v) is 13.1. The topological polar surface area (TPSA) is 21.3 Å². The third-order valence-corrected chi connectivity index (χ3v) is 5.92. The minimum Gasteiger partial charge on any atom is -0.382 e. The van der Waals surface area contributed by atoms with Crippen LogP contribution in [-0.2, 0) is 4.74 Å². The second-order valence-corrected chi connectivity index (χ2v) is 7.54. The Kier molecular flexibility index (Phi) is 3.45. The third kappa shape index (κ3) is 2.59. The van der Waals surface area contributed by atoms with Crippen molar-refractivity contribution in [3.05, 3.63) is 29.8 Å². The largest absolute Gasteiger partial charge is 0.382 e. The Bertz CT molecular complexity index is 508. The molecule has 1 spiro atoms. The van der Waals surface area contributed by atoms with E-state index in [9.17, 15) is 0 Å². The second kappa shape index (κ2) is 5.31. The molecule has 114 valence electrons. The molecule has 0 radical (unpaired) electrons. The number of nitrogens with one attached hydrogen (secondary N) is 1. The summed E-state index contributed by atoms with van der Waals surface area (Å²) in [7, 11) is 0. The van der Waals surface area contributed by atoms with Crippen LogP contribution in [0.1, 0.15) is 63.4 Å². The summed E-state index contributed by atoms with van der Waals surface area (Å²) in [5.41, 5.74) is 3.21. The molecule has 3 aliphatic rings. The molecule has 2 heteroatoms. The normalized spacial score (nSPS) is 33.9. The molecule has 1 N–H and O–H groups in total. The van der Waals surface area contributed by atoms with Crippen LogP contribution in [0.15, 0.2) is 24.3 Å². The van der Waals surface area contributed by atoms with Crippen LogP contribution in [0.3, 0.4) is 0 Å². The van der Waals surface area contributed by atoms with E-state index in [0.29, 0.717) is 11.6 Å². The van der Waals surface area contributed by atoms with Crippen LogP contribution in [0.25, 0.3) is 0 Å². The smallest absolute Gasteiger partial charge is 0.0685 e. The number of anilines is 1. The van der Waals surface area contributed by atoms with Crippen molar-refractivity contribution >= 4 is 5.69 Å². The maximum Gasteiger partial charge on any atom is 0.0685 e. The van der Waals surface area contributed by atoms with E-state index < -0.39 is 0 Å². The van der Waals surface area contributed by atoms with E-state index in [0.717, 1.165) is 18.4 Å². The van der Waals surface area contributed by atoms with Crippen molar-refractivity contribution in [2.75, 3.05) is 11.9 Å². The van der Waals surface area contributed by atoms with E-state index in [1.807, 2.05) is 0 Å². The Labute approximate surface area is 128 Å². The molecule has 2 nitrogen and oxygen atoms in total. The number of hydrogen-bond donors (Lipinski definition) is 1. The first-order valence-electron chi connectivity index (χ1n) is 8.74. The molecular formula is C19H27NO. The molecule has 1 saturated heterocycles. The van der Waals surface area contributed by atoms with Gasteiger partial charge in [0, 0.05) is 18.3 Å². The molecule has 0 amide bonds. The molecule has 1 aromatic rings. The summed E-state index contributed by atoms with van der Waals surface area (Å²) in [6, 6.07) is 9.52. The van der Waals surface area contributed by atoms with Gasteiger partial charge in [-0.25, -0.2) is 0 Å². The van der Waals surface area contributed by atoms with Gasteiger partial charge >= 0.3 is 0 Å². The zero-order chi connectivity index (χ0) is 14.3. The first-order chi connectivity index (χ1) is 10.2. The Morgan fingerprint density at radius 3 is 2.95 bits per heavy atom. The average molecular weight is 285 g/mol. The summed E-state index contributed by atoms with van der Waals surface area (Å²) in [4.78, 5) is 0. The van der Waals surface area contributed by atoms with Gasteiger partial charge in [0.1, 0.15) is 0 Å². The van der Waals surface area contributed by atoms with E-state index >= 15 is 0 Å². The van der Waals surface area contributed by atoms with Gasteiger partial charge in [-0.2, -0.15) is 0 Å². The van der Waals surface area contributed by atoms with Crippen LogP contribution < -0.4 is 5.32 Å². The van der Waals surface area contributed by atoms with Gasteiger partial charge in [-0.3, -0.25) is 0 Å². The fraction of sp³-hybridized carbons (Fsp3) is 0.684. The number of ether oxygens (including phenoxy) is 1. The molecule has 2 heterocycles. The van der Waals surface area contributed by atoms with Gasteiger partial charge in [-0.1, -0.05) is 18.2 Å². The molecule has 1 aliphatic carbocycles. The van der Waals surface area contributed by atoms with Crippen LogP contribution >= 0.6 is 0 Å². The molecule has 0 aromatic heterocycles. The number of hydrogen-bond acceptors (Lipinski definition) is 2. The lowest BCUT2D eigenvalue weighted by Gasteiger charge is -2.48. The SMILES string of the molecule is CC1CC(CC2CCOC3(CCC3)C2)c2ccccc2N1. The highest BCUT2D eigenvalue weighted by atomic mass is 16.5. The van der Waals surface area contributed by atoms with Gasteiger partial charge in [-0.05, 0) is 75.3 Å². The first kappa shape index (κ1) is 13.6. The third-order valence-electron chi connectivity index (χ3n) is 5.92. The Hall–Kier alpha value is -1.02. The van der Waals surface area contributed by atoms with E-state index in [1.165, 1.54) is 50.6 Å². The Balaban J connectivity index is 1.49. The van der Waals surface area contributed by atoms with Gasteiger partial charge in [0.2, 0.25) is 0 Å². The highest BCUT2D eigenvalue weighted by Crippen LogP contribution is 2.47. The lowest BCUT2D eigenvalue weighted by atomic mass is 9.69. The average Bonchev–Trinajstić information content (AvgIpc) is 2.46. The molecule has 2 fully saturated rings. The number of rotatable bonds is 2. The zero-order valence-electron chi connectivity index (χ0n) is 13.1. The van der Waals surface area contributed by atoms with Crippen LogP contribution in [0.4, 0.5) is 5.69 Å². The molecule has 4 rings (SSSR count). The van der Waals surface area contributed by atoms with Gasteiger partial charge in [0.25, 0.3) is 0 Å². The molecule has 21 heavy (non-hydrogen) atoms. The minimum atomic E-state index is 0.293. The van der Waals surface area contributed by atoms with Gasteiger partial charge in [0.15, 0.2) is 0 Å². The van der Waals surface area contributed by atoms with Crippen molar-refractivity contribution in [2.45, 2.75) is 69.4 Å². The number of fused-ring (bicyclic) bond motifs is 1. The van der Waals surface area contributed by atoms with Gasteiger partial charge in [-0.15, -0.1) is 0 Å². The maximum atomic E-state index is 6.10. The van der Waals surface area contributed by atoms with Crippen molar-refractivity contribution in [1.82, 2.24) is 0 Å². The lowest BCUT2D eigenvalue weighted by Crippen LogP contribution is -2.45. The summed E-state index contributed by atoms with van der Waals surface area (Å²) >= 11 is 0. The maximum absolute atomic E-state index is 6.10. The van der Waals surface area contributed by atoms with Crippen LogP contribution in [0.2, 0.25) is 0 Å². The lowest BCUT2D eigenvalue weighted by molar-refractivity contribution is -0.144. The van der Waals surface area contributed by atoms with E-state index in [1.54, 1.807) is 5.56 Å². The van der Waals surface area contributed by atoms with Crippen molar-refractivity contribution in [1.29, 1.82) is 0 Å². The molecular weight excluding hydrogens is 258 g/mol. The standard InChI is InChI=1S/C19H27NO/c1-14-11-16(17-5-2-3-6-18(17)20-14)12-15-7-10-21-19(13-15)8-4-9-19/h2-3,5-6,14-16,20H,4,7-13H2,1H3. The Morgan fingerprint density at radius 1 is 1.29 bits per heavy atom. The number of para-hydroxylation sites is 1. The fourth-order valence-corrected chi connectivity index (χ4v) is 4.74. The van der Waals surface area contributed by atoms with Crippen molar-refractivity contribution in [3.8, 4) is 0 Å². The molecule has 3 unspecified atom stereocenters. The molecule has 0 bridgehead atoms. The molecule has 1 aromatic carbocycles. The van der Waals surface area contributed by atoms with Gasteiger partial charge in [0.05, 0.1) is 5.60 Å². The number of benzene rings is 1. The van der Waals surface area contributed by atoms with Crippen molar-refractivity contribution < 1.29 is 4.74 Å². The predicted molar refractivity (Wildman–Crippen MR) is 86.8 cm³/mol. The summed E-state index contributed by atoms with van der Waals surface area (Å²) in [6.45, 7) is 3.31. The van der Waals surface area contributed by atoms with E-state index in [4.69, 9.17) is 4.74 Å². The van der Waals surface area contributed by atoms with Crippen molar-refractivity contribution in [3.63, 3.8) is 0 Å². The summed E-state index contributed by atoms with van der Waals surface area (Å²) < 4.78 is 6.10. The van der Waals surface area contributed by atoms with E-state index in [-0.39, 0.29) is 0 Å². The van der Waals surface area contributed by atoms with Gasteiger partial charge < -0.3 is 10.1 Å². The predicted octanol–water partition coefficient (Wildman–Crippen LogP) is 4.71. The monoisotopic (exact) mass is 285 g/mol. The highest BCUT2D eigenvalue weighted by molar-refractivity contribution is 5.55. The summed E-state index contributed by atoms with van der Waals surface area (Å²) in [5.74, 6) is 1.60. The second-order valence-electron chi connectivity index (χ2n) is 7.54. The summed E-state index contributed by atoms with van der Waals surface area (Å²) in [6.07, 6.45) is 9.20. The first-order valence-corrected chi connectivity index (χ1v) is 8.74. The Morgan fingerprint density at radius 2 is 2.14 bits per heavy atom. The molecule has 3 atom stereocenters. The fourth-order valence-electron chi connectivity index (χ4n) is 4.74. The van der Waals surface area contributed by atoms with Crippen molar-refractivity contribution in [2.24, 2.45) is 5.92 Å². The highest BCUT2D eigenvalue weighted by Gasteiger charge is 2.43. The van der Waals surface area contributed by atoms with Crippen LogP contribution in [0.5, 0.6) is 0 Å². The quantitative estimate of drug-likeness (QED) is 0.849.